The minimum atomic E-state index is -0.319. The van der Waals surface area contributed by atoms with Crippen LogP contribution < -0.4 is 4.74 Å². The number of hydrogen-bond acceptors (Lipinski definition) is 4. The van der Waals surface area contributed by atoms with Gasteiger partial charge in [-0.25, -0.2) is 4.79 Å². The smallest absolute Gasteiger partial charge is 0.337 e. The summed E-state index contributed by atoms with van der Waals surface area (Å²) in [5.74, 6) is 0.498. The van der Waals surface area contributed by atoms with E-state index in [4.69, 9.17) is 4.74 Å². The normalized spacial score (nSPS) is 17.4. The molecular formula is C14H19NO3. The summed E-state index contributed by atoms with van der Waals surface area (Å²) in [5.41, 5.74) is 0.549. The second kappa shape index (κ2) is 5.87. The SMILES string of the molecule is COC(=O)c1ccc(OC2CCN(C)CC2)cc1. The van der Waals surface area contributed by atoms with E-state index in [0.717, 1.165) is 31.7 Å². The monoisotopic (exact) mass is 249 g/mol. The number of piperidine rings is 1. The van der Waals surface area contributed by atoms with Crippen molar-refractivity contribution >= 4 is 5.97 Å². The minimum absolute atomic E-state index is 0.283. The van der Waals surface area contributed by atoms with Gasteiger partial charge in [0.25, 0.3) is 0 Å². The van der Waals surface area contributed by atoms with E-state index in [2.05, 4.69) is 16.7 Å². The van der Waals surface area contributed by atoms with Crippen molar-refractivity contribution in [1.29, 1.82) is 0 Å². The van der Waals surface area contributed by atoms with Gasteiger partial charge in [0, 0.05) is 13.1 Å². The van der Waals surface area contributed by atoms with E-state index in [1.807, 2.05) is 12.1 Å². The molecule has 1 aliphatic heterocycles. The first kappa shape index (κ1) is 12.9. The van der Waals surface area contributed by atoms with Gasteiger partial charge in [0.05, 0.1) is 12.7 Å². The number of carbonyl (C=O) groups is 1. The average molecular weight is 249 g/mol. The number of likely N-dealkylation sites (tertiary alicyclic amines) is 1. The molecule has 1 aromatic rings. The molecule has 4 heteroatoms. The molecule has 0 aliphatic carbocycles. The standard InChI is InChI=1S/C14H19NO3/c1-15-9-7-13(8-10-15)18-12-5-3-11(4-6-12)14(16)17-2/h3-6,13H,7-10H2,1-2H3. The number of methoxy groups -OCH3 is 1. The third-order valence-electron chi connectivity index (χ3n) is 3.24. The first-order valence-corrected chi connectivity index (χ1v) is 6.22. The van der Waals surface area contributed by atoms with Crippen LogP contribution in [0.25, 0.3) is 0 Å². The fourth-order valence-electron chi connectivity index (χ4n) is 2.08. The van der Waals surface area contributed by atoms with E-state index in [9.17, 15) is 4.79 Å². The van der Waals surface area contributed by atoms with Crippen molar-refractivity contribution in [3.05, 3.63) is 29.8 Å². The van der Waals surface area contributed by atoms with Crippen molar-refractivity contribution in [3.63, 3.8) is 0 Å². The third kappa shape index (κ3) is 3.23. The molecule has 1 heterocycles. The fraction of sp³-hybridized carbons (Fsp3) is 0.500. The molecule has 4 nitrogen and oxygen atoms in total. The summed E-state index contributed by atoms with van der Waals surface area (Å²) in [4.78, 5) is 13.6. The van der Waals surface area contributed by atoms with Crippen molar-refractivity contribution in [2.24, 2.45) is 0 Å². The Morgan fingerprint density at radius 3 is 2.39 bits per heavy atom. The average Bonchev–Trinajstić information content (AvgIpc) is 2.41. The Hall–Kier alpha value is -1.55. The lowest BCUT2D eigenvalue weighted by molar-refractivity contribution is 0.0600. The fourth-order valence-corrected chi connectivity index (χ4v) is 2.08. The summed E-state index contributed by atoms with van der Waals surface area (Å²) in [6, 6.07) is 7.11. The van der Waals surface area contributed by atoms with Crippen LogP contribution in [0.4, 0.5) is 0 Å². The molecule has 1 aromatic carbocycles. The number of ether oxygens (including phenoxy) is 2. The van der Waals surface area contributed by atoms with Gasteiger partial charge in [0.2, 0.25) is 0 Å². The van der Waals surface area contributed by atoms with Crippen molar-refractivity contribution in [2.45, 2.75) is 18.9 Å². The zero-order valence-electron chi connectivity index (χ0n) is 10.9. The van der Waals surface area contributed by atoms with Gasteiger partial charge in [0.15, 0.2) is 0 Å². The molecule has 1 saturated heterocycles. The van der Waals surface area contributed by atoms with E-state index >= 15 is 0 Å². The molecule has 0 amide bonds. The van der Waals surface area contributed by atoms with E-state index in [0.29, 0.717) is 5.56 Å². The van der Waals surface area contributed by atoms with Crippen molar-refractivity contribution < 1.29 is 14.3 Å². The predicted octanol–water partition coefficient (Wildman–Crippen LogP) is 1.95. The van der Waals surface area contributed by atoms with Gasteiger partial charge in [0.1, 0.15) is 11.9 Å². The van der Waals surface area contributed by atoms with Crippen LogP contribution in [-0.2, 0) is 4.74 Å². The first-order chi connectivity index (χ1) is 8.69. The van der Waals surface area contributed by atoms with Crippen LogP contribution in [0.5, 0.6) is 5.75 Å². The zero-order valence-corrected chi connectivity index (χ0v) is 10.9. The van der Waals surface area contributed by atoms with Gasteiger partial charge in [-0.1, -0.05) is 0 Å². The van der Waals surface area contributed by atoms with Crippen LogP contribution in [0, 0.1) is 0 Å². The van der Waals surface area contributed by atoms with Crippen molar-refractivity contribution in [1.82, 2.24) is 4.90 Å². The highest BCUT2D eigenvalue weighted by Crippen LogP contribution is 2.19. The number of esters is 1. The summed E-state index contributed by atoms with van der Waals surface area (Å²) in [5, 5.41) is 0. The molecule has 1 aliphatic rings. The quantitative estimate of drug-likeness (QED) is 0.767. The summed E-state index contributed by atoms with van der Waals surface area (Å²) < 4.78 is 10.5. The number of carbonyl (C=O) groups excluding carboxylic acids is 1. The zero-order chi connectivity index (χ0) is 13.0. The number of benzene rings is 1. The van der Waals surface area contributed by atoms with Crippen molar-refractivity contribution in [3.8, 4) is 5.75 Å². The van der Waals surface area contributed by atoms with E-state index in [1.165, 1.54) is 7.11 Å². The van der Waals surface area contributed by atoms with Crippen LogP contribution in [-0.4, -0.2) is 44.2 Å². The summed E-state index contributed by atoms with van der Waals surface area (Å²) in [6.07, 6.45) is 2.38. The molecule has 0 atom stereocenters. The van der Waals surface area contributed by atoms with E-state index in [-0.39, 0.29) is 12.1 Å². The lowest BCUT2D eigenvalue weighted by Gasteiger charge is -2.29. The lowest BCUT2D eigenvalue weighted by Crippen LogP contribution is -2.35. The molecule has 0 unspecified atom stereocenters. The van der Waals surface area contributed by atoms with Crippen LogP contribution in [0.15, 0.2) is 24.3 Å². The van der Waals surface area contributed by atoms with E-state index in [1.54, 1.807) is 12.1 Å². The Bertz CT molecular complexity index is 394. The Morgan fingerprint density at radius 1 is 1.22 bits per heavy atom. The number of hydrogen-bond donors (Lipinski definition) is 0. The molecule has 98 valence electrons. The molecule has 0 spiro atoms. The van der Waals surface area contributed by atoms with Gasteiger partial charge in [-0.2, -0.15) is 0 Å². The molecule has 0 aromatic heterocycles. The Labute approximate surface area is 107 Å². The molecule has 0 N–H and O–H groups in total. The topological polar surface area (TPSA) is 38.8 Å². The van der Waals surface area contributed by atoms with Crippen LogP contribution in [0.2, 0.25) is 0 Å². The van der Waals surface area contributed by atoms with Gasteiger partial charge in [-0.3, -0.25) is 0 Å². The highest BCUT2D eigenvalue weighted by Gasteiger charge is 2.18. The Balaban J connectivity index is 1.92. The van der Waals surface area contributed by atoms with E-state index < -0.39 is 0 Å². The maximum Gasteiger partial charge on any atom is 0.337 e. The van der Waals surface area contributed by atoms with Gasteiger partial charge in [-0.15, -0.1) is 0 Å². The molecule has 2 rings (SSSR count). The highest BCUT2D eigenvalue weighted by atomic mass is 16.5. The number of rotatable bonds is 3. The predicted molar refractivity (Wildman–Crippen MR) is 68.9 cm³/mol. The molecule has 1 fully saturated rings. The summed E-state index contributed by atoms with van der Waals surface area (Å²) >= 11 is 0. The summed E-state index contributed by atoms with van der Waals surface area (Å²) in [7, 11) is 3.51. The largest absolute Gasteiger partial charge is 0.490 e. The second-order valence-corrected chi connectivity index (χ2v) is 4.64. The van der Waals surface area contributed by atoms with Gasteiger partial charge >= 0.3 is 5.97 Å². The maximum absolute atomic E-state index is 11.3. The minimum Gasteiger partial charge on any atom is -0.490 e. The highest BCUT2D eigenvalue weighted by molar-refractivity contribution is 5.89. The third-order valence-corrected chi connectivity index (χ3v) is 3.24. The van der Waals surface area contributed by atoms with Gasteiger partial charge < -0.3 is 14.4 Å². The molecule has 0 radical (unpaired) electrons. The molecule has 0 bridgehead atoms. The molecule has 0 saturated carbocycles. The van der Waals surface area contributed by atoms with Crippen molar-refractivity contribution in [2.75, 3.05) is 27.2 Å². The maximum atomic E-state index is 11.3. The van der Waals surface area contributed by atoms with Crippen LogP contribution >= 0.6 is 0 Å². The second-order valence-electron chi connectivity index (χ2n) is 4.64. The number of nitrogens with zero attached hydrogens (tertiary/aromatic N) is 1. The molecule has 18 heavy (non-hydrogen) atoms. The Morgan fingerprint density at radius 2 is 1.83 bits per heavy atom. The summed E-state index contributed by atoms with van der Waals surface area (Å²) in [6.45, 7) is 2.15. The first-order valence-electron chi connectivity index (χ1n) is 6.22. The molecular weight excluding hydrogens is 230 g/mol. The van der Waals surface area contributed by atoms with Crippen LogP contribution in [0.3, 0.4) is 0 Å². The van der Waals surface area contributed by atoms with Crippen LogP contribution in [0.1, 0.15) is 23.2 Å². The van der Waals surface area contributed by atoms with Gasteiger partial charge in [-0.05, 0) is 44.2 Å². The Kier molecular flexibility index (Phi) is 4.20. The lowest BCUT2D eigenvalue weighted by atomic mass is 10.1.